The van der Waals surface area contributed by atoms with Crippen molar-refractivity contribution in [3.63, 3.8) is 0 Å². The van der Waals surface area contributed by atoms with E-state index in [1.54, 1.807) is 0 Å². The Morgan fingerprint density at radius 1 is 1.30 bits per heavy atom. The Balaban J connectivity index is 2.31. The zero-order valence-corrected chi connectivity index (χ0v) is 14.7. The third kappa shape index (κ3) is 1.85. The van der Waals surface area contributed by atoms with Crippen LogP contribution < -0.4 is 5.32 Å². The molecule has 0 aromatic rings. The molecule has 1 N–H and O–H groups in total. The molecule has 0 saturated heterocycles. The fourth-order valence-corrected chi connectivity index (χ4v) is 5.13. The molecule has 2 rings (SSSR count). The van der Waals surface area contributed by atoms with Gasteiger partial charge in [0.15, 0.2) is 5.78 Å². The molecule has 0 heterocycles. The van der Waals surface area contributed by atoms with Gasteiger partial charge >= 0.3 is 6.09 Å². The van der Waals surface area contributed by atoms with E-state index in [2.05, 4.69) is 35.1 Å². The Labute approximate surface area is 129 Å². The Morgan fingerprint density at radius 3 is 2.25 bits per heavy atom. The summed E-state index contributed by atoms with van der Waals surface area (Å²) in [4.78, 5) is 24.4. The van der Waals surface area contributed by atoms with Crippen molar-refractivity contribution < 1.29 is 14.3 Å². The molecule has 0 spiro atoms. The van der Waals surface area contributed by atoms with Gasteiger partial charge in [-0.1, -0.05) is 36.7 Å². The van der Waals surface area contributed by atoms with Gasteiger partial charge in [-0.2, -0.15) is 0 Å². The SMILES string of the molecule is CC(C)(C)OC(=O)N[C@@]12CC[C@@](C)(C(=O)[C@@H]1Br)C2(C)C. The topological polar surface area (TPSA) is 55.4 Å². The van der Waals surface area contributed by atoms with Crippen molar-refractivity contribution in [1.29, 1.82) is 0 Å². The summed E-state index contributed by atoms with van der Waals surface area (Å²) in [7, 11) is 0. The highest BCUT2D eigenvalue weighted by atomic mass is 79.9. The summed E-state index contributed by atoms with van der Waals surface area (Å²) in [5.74, 6) is 0.185. The van der Waals surface area contributed by atoms with Crippen molar-refractivity contribution in [3.8, 4) is 0 Å². The van der Waals surface area contributed by atoms with Crippen LogP contribution in [0.1, 0.15) is 54.4 Å². The number of alkyl carbamates (subject to hydrolysis) is 1. The largest absolute Gasteiger partial charge is 0.444 e. The molecule has 2 bridgehead atoms. The van der Waals surface area contributed by atoms with Gasteiger partial charge in [-0.3, -0.25) is 4.79 Å². The van der Waals surface area contributed by atoms with Crippen molar-refractivity contribution in [1.82, 2.24) is 5.32 Å². The van der Waals surface area contributed by atoms with Crippen LogP contribution in [0.15, 0.2) is 0 Å². The van der Waals surface area contributed by atoms with Crippen LogP contribution in [0.25, 0.3) is 0 Å². The number of halogens is 1. The summed E-state index contributed by atoms with van der Waals surface area (Å²) in [6, 6.07) is 0. The lowest BCUT2D eigenvalue weighted by atomic mass is 9.68. The molecule has 2 aliphatic rings. The number of fused-ring (bicyclic) bond motifs is 2. The van der Waals surface area contributed by atoms with E-state index in [0.29, 0.717) is 0 Å². The van der Waals surface area contributed by atoms with Crippen LogP contribution in [0.3, 0.4) is 0 Å². The lowest BCUT2D eigenvalue weighted by Gasteiger charge is -2.41. The summed E-state index contributed by atoms with van der Waals surface area (Å²) >= 11 is 3.52. The number of hydrogen-bond donors (Lipinski definition) is 1. The van der Waals surface area contributed by atoms with Gasteiger partial charge in [0.2, 0.25) is 0 Å². The molecular formula is C15H24BrNO3. The van der Waals surface area contributed by atoms with E-state index in [-0.39, 0.29) is 16.0 Å². The minimum atomic E-state index is -0.568. The third-order valence-corrected chi connectivity index (χ3v) is 6.64. The first-order valence-corrected chi connectivity index (χ1v) is 7.98. The van der Waals surface area contributed by atoms with Crippen LogP contribution in [0.5, 0.6) is 0 Å². The minimum absolute atomic E-state index is 0.185. The highest BCUT2D eigenvalue weighted by Crippen LogP contribution is 2.67. The third-order valence-electron chi connectivity index (χ3n) is 5.44. The molecule has 0 aromatic heterocycles. The lowest BCUT2D eigenvalue weighted by Crippen LogP contribution is -2.59. The zero-order valence-electron chi connectivity index (χ0n) is 13.1. The Morgan fingerprint density at radius 2 is 1.85 bits per heavy atom. The molecule has 2 saturated carbocycles. The molecule has 0 unspecified atom stereocenters. The summed E-state index contributed by atoms with van der Waals surface area (Å²) in [5, 5.41) is 3.01. The second kappa shape index (κ2) is 4.21. The van der Waals surface area contributed by atoms with Crippen LogP contribution >= 0.6 is 15.9 Å². The predicted octanol–water partition coefficient (Wildman–Crippen LogP) is 3.42. The smallest absolute Gasteiger partial charge is 0.408 e. The van der Waals surface area contributed by atoms with E-state index >= 15 is 0 Å². The first kappa shape index (κ1) is 15.8. The van der Waals surface area contributed by atoms with E-state index < -0.39 is 22.6 Å². The number of carbonyl (C=O) groups excluding carboxylic acids is 2. The molecule has 0 aliphatic heterocycles. The Hall–Kier alpha value is -0.580. The maximum Gasteiger partial charge on any atom is 0.408 e. The van der Waals surface area contributed by atoms with Crippen LogP contribution in [0.4, 0.5) is 4.79 Å². The summed E-state index contributed by atoms with van der Waals surface area (Å²) in [6.45, 7) is 11.6. The average molecular weight is 346 g/mol. The van der Waals surface area contributed by atoms with Crippen molar-refractivity contribution >= 4 is 27.8 Å². The Bertz CT molecular complexity index is 468. The van der Waals surface area contributed by atoms with Gasteiger partial charge in [0.05, 0.1) is 10.4 Å². The van der Waals surface area contributed by atoms with E-state index in [0.717, 1.165) is 12.8 Å². The van der Waals surface area contributed by atoms with Crippen molar-refractivity contribution in [2.45, 2.75) is 70.4 Å². The summed E-state index contributed by atoms with van der Waals surface area (Å²) < 4.78 is 5.37. The van der Waals surface area contributed by atoms with E-state index in [1.807, 2.05) is 27.7 Å². The zero-order chi connectivity index (χ0) is 15.6. The molecular weight excluding hydrogens is 322 g/mol. The number of ketones is 1. The second-order valence-corrected chi connectivity index (χ2v) is 8.70. The summed E-state index contributed by atoms with van der Waals surface area (Å²) in [5.41, 5.74) is -1.81. The van der Waals surface area contributed by atoms with Crippen molar-refractivity contribution in [3.05, 3.63) is 0 Å². The average Bonchev–Trinajstić information content (AvgIpc) is 2.50. The number of rotatable bonds is 1. The van der Waals surface area contributed by atoms with Gasteiger partial charge in [0.1, 0.15) is 5.60 Å². The normalized spacial score (nSPS) is 39.0. The number of hydrogen-bond acceptors (Lipinski definition) is 3. The highest BCUT2D eigenvalue weighted by molar-refractivity contribution is 9.10. The molecule has 5 heteroatoms. The number of ether oxygens (including phenoxy) is 1. The van der Waals surface area contributed by atoms with Crippen LogP contribution in [0, 0.1) is 10.8 Å². The van der Waals surface area contributed by atoms with E-state index in [9.17, 15) is 9.59 Å². The van der Waals surface area contributed by atoms with E-state index in [4.69, 9.17) is 4.74 Å². The van der Waals surface area contributed by atoms with Crippen LogP contribution in [-0.2, 0) is 9.53 Å². The molecule has 2 aliphatic carbocycles. The molecule has 1 amide bonds. The molecule has 4 nitrogen and oxygen atoms in total. The predicted molar refractivity (Wildman–Crippen MR) is 80.9 cm³/mol. The van der Waals surface area contributed by atoms with Gasteiger partial charge < -0.3 is 10.1 Å². The number of amides is 1. The maximum absolute atomic E-state index is 12.5. The number of carbonyl (C=O) groups is 2. The summed E-state index contributed by atoms with van der Waals surface area (Å²) in [6.07, 6.45) is 1.14. The number of alkyl halides is 1. The van der Waals surface area contributed by atoms with Crippen LogP contribution in [-0.4, -0.2) is 27.8 Å². The van der Waals surface area contributed by atoms with Crippen LogP contribution in [0.2, 0.25) is 0 Å². The first-order chi connectivity index (χ1) is 8.87. The van der Waals surface area contributed by atoms with Gasteiger partial charge in [-0.15, -0.1) is 0 Å². The quantitative estimate of drug-likeness (QED) is 0.740. The Kier molecular flexibility index (Phi) is 3.33. The standard InChI is InChI=1S/C15H24BrNO3/c1-12(2,3)20-11(19)17-15-8-7-14(6,13(15,4)5)10(18)9(15)16/h9H,7-8H2,1-6H3,(H,17,19)/t9-,14-,15-/m0/s1. The fourth-order valence-electron chi connectivity index (χ4n) is 3.71. The molecule has 0 radical (unpaired) electrons. The van der Waals surface area contributed by atoms with E-state index in [1.165, 1.54) is 0 Å². The molecule has 3 atom stereocenters. The van der Waals surface area contributed by atoms with Gasteiger partial charge in [0, 0.05) is 10.8 Å². The molecule has 2 fully saturated rings. The molecule has 114 valence electrons. The van der Waals surface area contributed by atoms with Gasteiger partial charge in [-0.05, 0) is 33.6 Å². The minimum Gasteiger partial charge on any atom is -0.444 e. The number of nitrogens with one attached hydrogen (secondary N) is 1. The maximum atomic E-state index is 12.5. The van der Waals surface area contributed by atoms with Gasteiger partial charge in [-0.25, -0.2) is 4.79 Å². The highest BCUT2D eigenvalue weighted by Gasteiger charge is 2.74. The monoisotopic (exact) mass is 345 g/mol. The van der Waals surface area contributed by atoms with Crippen molar-refractivity contribution in [2.75, 3.05) is 0 Å². The van der Waals surface area contributed by atoms with Crippen molar-refractivity contribution in [2.24, 2.45) is 10.8 Å². The lowest BCUT2D eigenvalue weighted by molar-refractivity contribution is -0.127. The first-order valence-electron chi connectivity index (χ1n) is 7.07. The number of Topliss-reactive ketones (excluding diaryl/α,β-unsaturated/α-hetero) is 1. The fraction of sp³-hybridized carbons (Fsp3) is 0.867. The molecule has 0 aromatic carbocycles. The second-order valence-electron chi connectivity index (χ2n) is 7.78. The van der Waals surface area contributed by atoms with Gasteiger partial charge in [0.25, 0.3) is 0 Å². The molecule has 20 heavy (non-hydrogen) atoms.